The second-order valence-corrected chi connectivity index (χ2v) is 4.90. The van der Waals surface area contributed by atoms with Gasteiger partial charge >= 0.3 is 0 Å². The lowest BCUT2D eigenvalue weighted by Gasteiger charge is -2.22. The van der Waals surface area contributed by atoms with E-state index in [1.165, 1.54) is 0 Å². The van der Waals surface area contributed by atoms with E-state index in [9.17, 15) is 4.79 Å². The number of methoxy groups -OCH3 is 2. The molecule has 1 aromatic carbocycles. The van der Waals surface area contributed by atoms with Gasteiger partial charge in [-0.2, -0.15) is 0 Å². The molecule has 21 heavy (non-hydrogen) atoms. The molecule has 1 heterocycles. The number of amides is 1. The molecule has 1 atom stereocenters. The summed E-state index contributed by atoms with van der Waals surface area (Å²) in [6, 6.07) is 5.50. The Kier molecular flexibility index (Phi) is 7.32. The molecule has 118 valence electrons. The Morgan fingerprint density at radius 1 is 1.33 bits per heavy atom. The third-order valence-electron chi connectivity index (χ3n) is 3.57. The second kappa shape index (κ2) is 8.74. The summed E-state index contributed by atoms with van der Waals surface area (Å²) in [7, 11) is 3.24. The smallest absolute Gasteiger partial charge is 0.237 e. The van der Waals surface area contributed by atoms with Crippen molar-refractivity contribution in [1.82, 2.24) is 10.6 Å². The van der Waals surface area contributed by atoms with Crippen molar-refractivity contribution < 1.29 is 14.3 Å². The summed E-state index contributed by atoms with van der Waals surface area (Å²) in [6.45, 7) is 1.36. The van der Waals surface area contributed by atoms with E-state index < -0.39 is 0 Å². The van der Waals surface area contributed by atoms with Gasteiger partial charge in [-0.05, 0) is 37.6 Å². The highest BCUT2D eigenvalue weighted by atomic mass is 35.5. The maximum Gasteiger partial charge on any atom is 0.237 e. The summed E-state index contributed by atoms with van der Waals surface area (Å²) in [4.78, 5) is 12.1. The van der Waals surface area contributed by atoms with Crippen molar-refractivity contribution in [1.29, 1.82) is 0 Å². The Balaban J connectivity index is 0.00000220. The Labute approximate surface area is 131 Å². The maximum absolute atomic E-state index is 12.1. The van der Waals surface area contributed by atoms with Crippen LogP contribution < -0.4 is 20.1 Å². The highest BCUT2D eigenvalue weighted by Gasteiger charge is 2.20. The Hall–Kier alpha value is -1.46. The molecule has 0 radical (unpaired) electrons. The maximum atomic E-state index is 12.1. The molecule has 6 heteroatoms. The largest absolute Gasteiger partial charge is 0.497 e. The van der Waals surface area contributed by atoms with Crippen molar-refractivity contribution in [2.24, 2.45) is 0 Å². The highest BCUT2D eigenvalue weighted by molar-refractivity contribution is 5.85. The number of ether oxygens (including phenoxy) is 2. The fourth-order valence-electron chi connectivity index (χ4n) is 2.40. The second-order valence-electron chi connectivity index (χ2n) is 4.90. The van der Waals surface area contributed by atoms with Crippen molar-refractivity contribution in [3.8, 4) is 11.5 Å². The van der Waals surface area contributed by atoms with Crippen LogP contribution in [0.2, 0.25) is 0 Å². The first-order valence-electron chi connectivity index (χ1n) is 6.96. The number of halogens is 1. The lowest BCUT2D eigenvalue weighted by atomic mass is 10.0. The zero-order valence-corrected chi connectivity index (χ0v) is 13.3. The minimum atomic E-state index is -0.0691. The molecule has 0 saturated carbocycles. The summed E-state index contributed by atoms with van der Waals surface area (Å²) in [6.07, 6.45) is 3.15. The minimum absolute atomic E-state index is 0. The van der Waals surface area contributed by atoms with Crippen LogP contribution in [-0.2, 0) is 11.3 Å². The van der Waals surface area contributed by atoms with E-state index in [2.05, 4.69) is 10.6 Å². The number of carbonyl (C=O) groups is 1. The monoisotopic (exact) mass is 314 g/mol. The quantitative estimate of drug-likeness (QED) is 0.871. The lowest BCUT2D eigenvalue weighted by Crippen LogP contribution is -2.46. The van der Waals surface area contributed by atoms with Crippen LogP contribution in [0.5, 0.6) is 11.5 Å². The molecule has 0 unspecified atom stereocenters. The van der Waals surface area contributed by atoms with Crippen LogP contribution in [-0.4, -0.2) is 32.7 Å². The predicted octanol–water partition coefficient (Wildman–Crippen LogP) is 1.88. The van der Waals surface area contributed by atoms with Gasteiger partial charge in [0.25, 0.3) is 0 Å². The topological polar surface area (TPSA) is 59.6 Å². The van der Waals surface area contributed by atoms with E-state index in [4.69, 9.17) is 9.47 Å². The number of rotatable bonds is 5. The SMILES string of the molecule is COc1ccc(OC)c(CNC(=O)[C@H]2CCCCN2)c1.Cl. The number of hydrogen-bond donors (Lipinski definition) is 2. The molecule has 5 nitrogen and oxygen atoms in total. The van der Waals surface area contributed by atoms with Crippen LogP contribution in [0.15, 0.2) is 18.2 Å². The predicted molar refractivity (Wildman–Crippen MR) is 84.3 cm³/mol. The molecule has 1 aliphatic rings. The fourth-order valence-corrected chi connectivity index (χ4v) is 2.40. The van der Waals surface area contributed by atoms with Crippen molar-refractivity contribution in [3.63, 3.8) is 0 Å². The van der Waals surface area contributed by atoms with E-state index in [0.29, 0.717) is 6.54 Å². The summed E-state index contributed by atoms with van der Waals surface area (Å²) in [5, 5.41) is 6.20. The van der Waals surface area contributed by atoms with Gasteiger partial charge in [-0.3, -0.25) is 4.79 Å². The van der Waals surface area contributed by atoms with Gasteiger partial charge in [0, 0.05) is 12.1 Å². The van der Waals surface area contributed by atoms with E-state index in [-0.39, 0.29) is 24.4 Å². The Morgan fingerprint density at radius 3 is 2.76 bits per heavy atom. The Bertz CT molecular complexity index is 462. The molecule has 0 aliphatic carbocycles. The molecule has 1 fully saturated rings. The van der Waals surface area contributed by atoms with Crippen molar-refractivity contribution in [2.75, 3.05) is 20.8 Å². The van der Waals surface area contributed by atoms with E-state index >= 15 is 0 Å². The number of nitrogens with one attached hydrogen (secondary N) is 2. The standard InChI is InChI=1S/C15H22N2O3.ClH/c1-19-12-6-7-14(20-2)11(9-12)10-17-15(18)13-5-3-4-8-16-13;/h6-7,9,13,16H,3-5,8,10H2,1-2H3,(H,17,18);1H/t13-;/m1./s1. The summed E-state index contributed by atoms with van der Waals surface area (Å²) < 4.78 is 10.5. The summed E-state index contributed by atoms with van der Waals surface area (Å²) in [5.41, 5.74) is 0.913. The molecule has 2 N–H and O–H groups in total. The fraction of sp³-hybridized carbons (Fsp3) is 0.533. The lowest BCUT2D eigenvalue weighted by molar-refractivity contribution is -0.123. The highest BCUT2D eigenvalue weighted by Crippen LogP contribution is 2.23. The molecular weight excluding hydrogens is 292 g/mol. The van der Waals surface area contributed by atoms with Gasteiger partial charge in [0.2, 0.25) is 5.91 Å². The Morgan fingerprint density at radius 2 is 2.14 bits per heavy atom. The first-order valence-corrected chi connectivity index (χ1v) is 6.96. The zero-order valence-electron chi connectivity index (χ0n) is 12.5. The molecule has 1 aromatic rings. The van der Waals surface area contributed by atoms with Crippen molar-refractivity contribution in [2.45, 2.75) is 31.8 Å². The van der Waals surface area contributed by atoms with Crippen LogP contribution in [0.25, 0.3) is 0 Å². The molecular formula is C15H23ClN2O3. The first-order chi connectivity index (χ1) is 9.74. The summed E-state index contributed by atoms with van der Waals surface area (Å²) in [5.74, 6) is 1.56. The third kappa shape index (κ3) is 4.79. The van der Waals surface area contributed by atoms with E-state index in [0.717, 1.165) is 42.9 Å². The minimum Gasteiger partial charge on any atom is -0.497 e. The van der Waals surface area contributed by atoms with Crippen LogP contribution in [0.1, 0.15) is 24.8 Å². The van der Waals surface area contributed by atoms with Gasteiger partial charge in [0.15, 0.2) is 0 Å². The van der Waals surface area contributed by atoms with Gasteiger partial charge in [0.05, 0.1) is 20.3 Å². The summed E-state index contributed by atoms with van der Waals surface area (Å²) >= 11 is 0. The van der Waals surface area contributed by atoms with Crippen LogP contribution >= 0.6 is 12.4 Å². The molecule has 1 saturated heterocycles. The van der Waals surface area contributed by atoms with Crippen molar-refractivity contribution in [3.05, 3.63) is 23.8 Å². The average Bonchev–Trinajstić information content (AvgIpc) is 2.53. The van der Waals surface area contributed by atoms with Gasteiger partial charge < -0.3 is 20.1 Å². The van der Waals surface area contributed by atoms with Gasteiger partial charge in [0.1, 0.15) is 11.5 Å². The first kappa shape index (κ1) is 17.6. The van der Waals surface area contributed by atoms with Gasteiger partial charge in [-0.15, -0.1) is 12.4 Å². The zero-order chi connectivity index (χ0) is 14.4. The number of piperidine rings is 1. The average molecular weight is 315 g/mol. The van der Waals surface area contributed by atoms with E-state index in [1.54, 1.807) is 14.2 Å². The molecule has 0 spiro atoms. The van der Waals surface area contributed by atoms with E-state index in [1.807, 2.05) is 18.2 Å². The molecule has 0 aromatic heterocycles. The molecule has 1 aliphatic heterocycles. The van der Waals surface area contributed by atoms with Gasteiger partial charge in [-0.1, -0.05) is 6.42 Å². The number of hydrogen-bond acceptors (Lipinski definition) is 4. The molecule has 1 amide bonds. The molecule has 2 rings (SSSR count). The van der Waals surface area contributed by atoms with Crippen molar-refractivity contribution >= 4 is 18.3 Å². The third-order valence-corrected chi connectivity index (χ3v) is 3.57. The number of benzene rings is 1. The van der Waals surface area contributed by atoms with Crippen LogP contribution in [0.3, 0.4) is 0 Å². The molecule has 0 bridgehead atoms. The van der Waals surface area contributed by atoms with Gasteiger partial charge in [-0.25, -0.2) is 0 Å². The van der Waals surface area contributed by atoms with Crippen LogP contribution in [0.4, 0.5) is 0 Å². The normalized spacial score (nSPS) is 17.5. The van der Waals surface area contributed by atoms with Crippen LogP contribution in [0, 0.1) is 0 Å². The number of carbonyl (C=O) groups excluding carboxylic acids is 1.